The van der Waals surface area contributed by atoms with Crippen LogP contribution in [0.2, 0.25) is 0 Å². The molecule has 1 unspecified atom stereocenters. The lowest BCUT2D eigenvalue weighted by molar-refractivity contribution is -0.115. The Kier molecular flexibility index (Phi) is 5.36. The fourth-order valence-corrected chi connectivity index (χ4v) is 0.918. The van der Waals surface area contributed by atoms with Gasteiger partial charge in [-0.1, -0.05) is 13.8 Å². The lowest BCUT2D eigenvalue weighted by Gasteiger charge is -2.26. The number of hydrogen-bond acceptors (Lipinski definition) is 5. The SMILES string of the molecule is COC(O)N[C@@H](C(C)C)[C@H](N)O. The normalized spacial score (nSPS) is 19.2. The molecule has 0 aliphatic rings. The Morgan fingerprint density at radius 1 is 1.33 bits per heavy atom. The van der Waals surface area contributed by atoms with E-state index in [2.05, 4.69) is 10.1 Å². The highest BCUT2D eigenvalue weighted by Crippen LogP contribution is 2.04. The Bertz CT molecular complexity index is 111. The molecule has 0 radical (unpaired) electrons. The van der Waals surface area contributed by atoms with Crippen molar-refractivity contribution in [3.05, 3.63) is 0 Å². The van der Waals surface area contributed by atoms with Gasteiger partial charge in [0.2, 0.25) is 6.41 Å². The first-order valence-corrected chi connectivity index (χ1v) is 3.89. The predicted octanol–water partition coefficient (Wildman–Crippen LogP) is -1.20. The van der Waals surface area contributed by atoms with Crippen molar-refractivity contribution < 1.29 is 14.9 Å². The Hall–Kier alpha value is -0.200. The Labute approximate surface area is 72.5 Å². The van der Waals surface area contributed by atoms with Crippen LogP contribution in [0.4, 0.5) is 0 Å². The summed E-state index contributed by atoms with van der Waals surface area (Å²) in [6.45, 7) is 3.77. The molecule has 0 rings (SSSR count). The maximum Gasteiger partial charge on any atom is 0.213 e. The smallest absolute Gasteiger partial charge is 0.213 e. The van der Waals surface area contributed by atoms with E-state index in [9.17, 15) is 0 Å². The minimum Gasteiger partial charge on any atom is -0.377 e. The molecule has 0 aliphatic heterocycles. The summed E-state index contributed by atoms with van der Waals surface area (Å²) in [6, 6.07) is -0.375. The van der Waals surface area contributed by atoms with Gasteiger partial charge in [-0.25, -0.2) is 0 Å². The maximum absolute atomic E-state index is 9.08. The third-order valence-corrected chi connectivity index (χ3v) is 1.64. The van der Waals surface area contributed by atoms with Crippen molar-refractivity contribution >= 4 is 0 Å². The third kappa shape index (κ3) is 3.99. The van der Waals surface area contributed by atoms with Crippen molar-refractivity contribution in [2.75, 3.05) is 7.11 Å². The fraction of sp³-hybridized carbons (Fsp3) is 1.00. The van der Waals surface area contributed by atoms with Gasteiger partial charge in [-0.2, -0.15) is 0 Å². The van der Waals surface area contributed by atoms with Crippen LogP contribution in [0.3, 0.4) is 0 Å². The maximum atomic E-state index is 9.08. The summed E-state index contributed by atoms with van der Waals surface area (Å²) in [6.07, 6.45) is -2.09. The second kappa shape index (κ2) is 5.45. The molecule has 5 nitrogen and oxygen atoms in total. The van der Waals surface area contributed by atoms with Gasteiger partial charge in [0.1, 0.15) is 6.23 Å². The molecule has 0 heterocycles. The quantitative estimate of drug-likeness (QED) is 0.397. The van der Waals surface area contributed by atoms with Gasteiger partial charge in [0, 0.05) is 7.11 Å². The number of methoxy groups -OCH3 is 1. The molecule has 5 heteroatoms. The number of rotatable bonds is 5. The van der Waals surface area contributed by atoms with Gasteiger partial charge in [-0.3, -0.25) is 5.32 Å². The van der Waals surface area contributed by atoms with Gasteiger partial charge < -0.3 is 20.7 Å². The van der Waals surface area contributed by atoms with E-state index in [1.54, 1.807) is 0 Å². The van der Waals surface area contributed by atoms with E-state index in [0.717, 1.165) is 0 Å². The van der Waals surface area contributed by atoms with Crippen LogP contribution in [0.15, 0.2) is 0 Å². The van der Waals surface area contributed by atoms with Crippen molar-refractivity contribution in [1.82, 2.24) is 5.32 Å². The van der Waals surface area contributed by atoms with E-state index in [4.69, 9.17) is 15.9 Å². The molecule has 3 atom stereocenters. The van der Waals surface area contributed by atoms with Gasteiger partial charge in [0.15, 0.2) is 0 Å². The second-order valence-electron chi connectivity index (χ2n) is 3.02. The van der Waals surface area contributed by atoms with Crippen molar-refractivity contribution in [1.29, 1.82) is 0 Å². The zero-order valence-electron chi connectivity index (χ0n) is 7.69. The van der Waals surface area contributed by atoms with E-state index in [1.165, 1.54) is 7.11 Å². The molecule has 0 aromatic rings. The summed E-state index contributed by atoms with van der Waals surface area (Å²) in [5.41, 5.74) is 5.27. The highest BCUT2D eigenvalue weighted by Gasteiger charge is 2.21. The molecule has 0 saturated heterocycles. The topological polar surface area (TPSA) is 87.7 Å². The van der Waals surface area contributed by atoms with Crippen LogP contribution < -0.4 is 11.1 Å². The monoisotopic (exact) mass is 178 g/mol. The number of aliphatic hydroxyl groups excluding tert-OH is 2. The van der Waals surface area contributed by atoms with Crippen LogP contribution in [0.1, 0.15) is 13.8 Å². The van der Waals surface area contributed by atoms with Gasteiger partial charge in [-0.15, -0.1) is 0 Å². The second-order valence-corrected chi connectivity index (χ2v) is 3.02. The predicted molar refractivity (Wildman–Crippen MR) is 45.0 cm³/mol. The average molecular weight is 178 g/mol. The molecule has 0 bridgehead atoms. The van der Waals surface area contributed by atoms with Crippen LogP contribution in [0, 0.1) is 5.92 Å². The molecule has 0 amide bonds. The minimum atomic E-state index is -1.09. The molecule has 5 N–H and O–H groups in total. The molecule has 0 aromatic carbocycles. The molecule has 12 heavy (non-hydrogen) atoms. The first-order valence-electron chi connectivity index (χ1n) is 3.89. The summed E-state index contributed by atoms with van der Waals surface area (Å²) < 4.78 is 4.56. The zero-order valence-corrected chi connectivity index (χ0v) is 7.69. The van der Waals surface area contributed by atoms with Crippen molar-refractivity contribution in [3.63, 3.8) is 0 Å². The number of nitrogens with two attached hydrogens (primary N) is 1. The molecule has 0 fully saturated rings. The number of hydrogen-bond donors (Lipinski definition) is 4. The van der Waals surface area contributed by atoms with Gasteiger partial charge in [-0.05, 0) is 5.92 Å². The van der Waals surface area contributed by atoms with Crippen LogP contribution in [-0.4, -0.2) is 36.0 Å². The molecule has 74 valence electrons. The Morgan fingerprint density at radius 3 is 2.08 bits per heavy atom. The Balaban J connectivity index is 3.95. The first kappa shape index (κ1) is 11.8. The van der Waals surface area contributed by atoms with Crippen LogP contribution in [0.25, 0.3) is 0 Å². The van der Waals surface area contributed by atoms with Crippen LogP contribution >= 0.6 is 0 Å². The summed E-state index contributed by atoms with van der Waals surface area (Å²) in [5, 5.41) is 20.7. The Morgan fingerprint density at radius 2 is 1.83 bits per heavy atom. The molecule has 0 aromatic heterocycles. The standard InChI is InChI=1S/C7H18N2O3/c1-4(2)5(6(8)10)9-7(11)12-3/h4-7,9-11H,8H2,1-3H3/t5-,6+,7?/m0/s1. The highest BCUT2D eigenvalue weighted by atomic mass is 16.6. The van der Waals surface area contributed by atoms with Gasteiger partial charge in [0.05, 0.1) is 6.04 Å². The molecule has 0 aliphatic carbocycles. The molecular formula is C7H18N2O3. The number of nitrogens with one attached hydrogen (secondary N) is 1. The van der Waals surface area contributed by atoms with E-state index < -0.39 is 12.6 Å². The highest BCUT2D eigenvalue weighted by molar-refractivity contribution is 4.74. The number of aliphatic hydroxyl groups is 2. The lowest BCUT2D eigenvalue weighted by atomic mass is 10.0. The van der Waals surface area contributed by atoms with E-state index in [0.29, 0.717) is 0 Å². The zero-order chi connectivity index (χ0) is 9.72. The largest absolute Gasteiger partial charge is 0.377 e. The average Bonchev–Trinajstić information content (AvgIpc) is 1.98. The summed E-state index contributed by atoms with van der Waals surface area (Å²) in [4.78, 5) is 0. The number of ether oxygens (including phenoxy) is 1. The van der Waals surface area contributed by atoms with Crippen LogP contribution in [-0.2, 0) is 4.74 Å². The molecular weight excluding hydrogens is 160 g/mol. The van der Waals surface area contributed by atoms with Gasteiger partial charge in [0.25, 0.3) is 0 Å². The molecule has 0 saturated carbocycles. The van der Waals surface area contributed by atoms with E-state index in [-0.39, 0.29) is 12.0 Å². The summed E-state index contributed by atoms with van der Waals surface area (Å²) in [7, 11) is 1.36. The van der Waals surface area contributed by atoms with E-state index in [1.807, 2.05) is 13.8 Å². The molecule has 0 spiro atoms. The van der Waals surface area contributed by atoms with Crippen molar-refractivity contribution in [2.45, 2.75) is 32.5 Å². The fourth-order valence-electron chi connectivity index (χ4n) is 0.918. The third-order valence-electron chi connectivity index (χ3n) is 1.64. The summed E-state index contributed by atoms with van der Waals surface area (Å²) >= 11 is 0. The van der Waals surface area contributed by atoms with Crippen molar-refractivity contribution in [2.24, 2.45) is 11.7 Å². The first-order chi connectivity index (χ1) is 5.49. The lowest BCUT2D eigenvalue weighted by Crippen LogP contribution is -2.52. The summed E-state index contributed by atoms with van der Waals surface area (Å²) in [5.74, 6) is 0.120. The van der Waals surface area contributed by atoms with Crippen LogP contribution in [0.5, 0.6) is 0 Å². The van der Waals surface area contributed by atoms with Crippen molar-refractivity contribution in [3.8, 4) is 0 Å². The minimum absolute atomic E-state index is 0.120. The van der Waals surface area contributed by atoms with Gasteiger partial charge >= 0.3 is 0 Å². The van der Waals surface area contributed by atoms with E-state index >= 15 is 0 Å².